The molecule has 0 saturated carbocycles. The minimum Gasteiger partial charge on any atom is -0.481 e. The molecular formula is C25H23N7O. The summed E-state index contributed by atoms with van der Waals surface area (Å²) < 4.78 is 28.5. The van der Waals surface area contributed by atoms with E-state index in [1.807, 2.05) is 42.7 Å². The number of piperidine rings is 1. The van der Waals surface area contributed by atoms with Gasteiger partial charge in [-0.1, -0.05) is 6.07 Å². The van der Waals surface area contributed by atoms with Gasteiger partial charge in [-0.05, 0) is 43.2 Å². The summed E-state index contributed by atoms with van der Waals surface area (Å²) in [5, 5.41) is 17.1. The number of anilines is 1. The highest BCUT2D eigenvalue weighted by molar-refractivity contribution is 5.68. The topological polar surface area (TPSA) is 91.4 Å². The third kappa shape index (κ3) is 3.12. The monoisotopic (exact) mass is 440 g/mol. The predicted octanol–water partition coefficient (Wildman–Crippen LogP) is 3.35. The van der Waals surface area contributed by atoms with Crippen molar-refractivity contribution >= 4 is 11.3 Å². The Balaban J connectivity index is 1.29. The van der Waals surface area contributed by atoms with Gasteiger partial charge in [0.25, 0.3) is 0 Å². The van der Waals surface area contributed by atoms with E-state index >= 15 is 0 Å². The number of methoxy groups -OCH3 is 1. The van der Waals surface area contributed by atoms with Crippen molar-refractivity contribution in [3.63, 3.8) is 0 Å². The number of aromatic nitrogens is 4. The van der Waals surface area contributed by atoms with Crippen LogP contribution in [0.3, 0.4) is 0 Å². The lowest BCUT2D eigenvalue weighted by Crippen LogP contribution is -2.75. The second-order valence-electron chi connectivity index (χ2n) is 8.87. The predicted molar refractivity (Wildman–Crippen MR) is 124 cm³/mol. The molecule has 3 saturated heterocycles. The molecule has 1 N–H and O–H groups in total. The van der Waals surface area contributed by atoms with Crippen LogP contribution >= 0.6 is 0 Å². The molecule has 0 aromatic carbocycles. The van der Waals surface area contributed by atoms with Crippen LogP contribution in [0.2, 0.25) is 0 Å². The van der Waals surface area contributed by atoms with Crippen LogP contribution in [-0.2, 0) is 0 Å². The van der Waals surface area contributed by atoms with Gasteiger partial charge in [0.2, 0.25) is 5.88 Å². The average Bonchev–Trinajstić information content (AvgIpc) is 3.25. The smallest absolute Gasteiger partial charge is 0.212 e. The first-order chi connectivity index (χ1) is 17.2. The fraction of sp³-hybridized carbons (Fsp3) is 0.280. The summed E-state index contributed by atoms with van der Waals surface area (Å²) in [5.74, 6) is 0.931. The SMILES string of the molecule is [2H]C([2H])([2H])Oc1ccc(C2N(c3ccc(-c4ccc5c(C#N)cnn5c4)cn3)CC3CC2(C)N3)cn1. The summed E-state index contributed by atoms with van der Waals surface area (Å²) in [7, 11) is -2.54. The summed E-state index contributed by atoms with van der Waals surface area (Å²) in [4.78, 5) is 11.3. The number of ether oxygens (including phenoxy) is 1. The number of hydrogen-bond donors (Lipinski definition) is 1. The van der Waals surface area contributed by atoms with Gasteiger partial charge in [-0.2, -0.15) is 10.4 Å². The van der Waals surface area contributed by atoms with Crippen molar-refractivity contribution in [2.24, 2.45) is 0 Å². The molecular weight excluding hydrogens is 414 g/mol. The van der Waals surface area contributed by atoms with Crippen molar-refractivity contribution in [2.45, 2.75) is 31.0 Å². The molecule has 8 nitrogen and oxygen atoms in total. The largest absolute Gasteiger partial charge is 0.481 e. The number of piperazine rings is 1. The second-order valence-corrected chi connectivity index (χ2v) is 8.87. The number of nitrogens with zero attached hydrogens (tertiary/aromatic N) is 6. The van der Waals surface area contributed by atoms with Gasteiger partial charge in [-0.3, -0.25) is 0 Å². The highest BCUT2D eigenvalue weighted by Gasteiger charge is 2.54. The van der Waals surface area contributed by atoms with Crippen molar-refractivity contribution in [1.82, 2.24) is 24.9 Å². The Morgan fingerprint density at radius 2 is 2.03 bits per heavy atom. The number of fused-ring (bicyclic) bond motifs is 3. The van der Waals surface area contributed by atoms with Crippen LogP contribution in [0.4, 0.5) is 5.82 Å². The number of hydrogen-bond acceptors (Lipinski definition) is 7. The van der Waals surface area contributed by atoms with E-state index in [1.54, 1.807) is 23.0 Å². The van der Waals surface area contributed by atoms with Gasteiger partial charge < -0.3 is 15.0 Å². The third-order valence-electron chi connectivity index (χ3n) is 6.73. The maximum atomic E-state index is 9.21. The molecule has 8 heteroatoms. The lowest BCUT2D eigenvalue weighted by atomic mass is 9.70. The Labute approximate surface area is 195 Å². The van der Waals surface area contributed by atoms with Crippen LogP contribution in [0, 0.1) is 11.3 Å². The fourth-order valence-corrected chi connectivity index (χ4v) is 5.30. The van der Waals surface area contributed by atoms with E-state index in [0.717, 1.165) is 41.0 Å². The van der Waals surface area contributed by atoms with Gasteiger partial charge in [-0.15, -0.1) is 0 Å². The van der Waals surface area contributed by atoms with Gasteiger partial charge in [0.1, 0.15) is 11.9 Å². The minimum absolute atomic E-state index is 0.0278. The van der Waals surface area contributed by atoms with E-state index < -0.39 is 7.04 Å². The van der Waals surface area contributed by atoms with Crippen LogP contribution in [0.25, 0.3) is 16.6 Å². The van der Waals surface area contributed by atoms with Gasteiger partial charge in [0, 0.05) is 53.9 Å². The number of nitrogens with one attached hydrogen (secondary N) is 1. The van der Waals surface area contributed by atoms with E-state index in [9.17, 15) is 5.26 Å². The molecule has 3 aliphatic heterocycles. The van der Waals surface area contributed by atoms with E-state index in [1.165, 1.54) is 0 Å². The van der Waals surface area contributed by atoms with Crippen LogP contribution in [0.15, 0.2) is 61.2 Å². The van der Waals surface area contributed by atoms with Gasteiger partial charge in [-0.25, -0.2) is 14.5 Å². The van der Waals surface area contributed by atoms with E-state index in [4.69, 9.17) is 13.8 Å². The van der Waals surface area contributed by atoms with Crippen LogP contribution in [0.1, 0.15) is 34.6 Å². The summed E-state index contributed by atoms with van der Waals surface area (Å²) in [6, 6.07) is 13.9. The number of nitriles is 1. The van der Waals surface area contributed by atoms with Gasteiger partial charge in [0.05, 0.1) is 34.5 Å². The standard InChI is InChI=1S/C25H23N7O/c1-25-9-20(30-25)15-31(24(25)17-5-8-23(33-2)28-12-17)22-7-4-16(11-27-22)18-3-6-21-19(10-26)13-29-32(21)14-18/h3-8,11-14,20,24,30H,9,15H2,1-2H3/i2D3. The van der Waals surface area contributed by atoms with Gasteiger partial charge >= 0.3 is 0 Å². The van der Waals surface area contributed by atoms with Crippen molar-refractivity contribution in [3.8, 4) is 23.1 Å². The van der Waals surface area contributed by atoms with Gasteiger partial charge in [0.15, 0.2) is 0 Å². The molecule has 3 aliphatic rings. The zero-order valence-corrected chi connectivity index (χ0v) is 17.9. The lowest BCUT2D eigenvalue weighted by Gasteiger charge is -2.61. The third-order valence-corrected chi connectivity index (χ3v) is 6.73. The first-order valence-corrected chi connectivity index (χ1v) is 10.8. The van der Waals surface area contributed by atoms with Crippen LogP contribution in [0.5, 0.6) is 5.88 Å². The summed E-state index contributed by atoms with van der Waals surface area (Å²) in [6.07, 6.45) is 8.03. The molecule has 33 heavy (non-hydrogen) atoms. The number of rotatable bonds is 4. The highest BCUT2D eigenvalue weighted by Crippen LogP contribution is 2.47. The number of pyridine rings is 3. The fourth-order valence-electron chi connectivity index (χ4n) is 5.30. The lowest BCUT2D eigenvalue weighted by molar-refractivity contribution is 0.0786. The zero-order chi connectivity index (χ0) is 25.1. The summed E-state index contributed by atoms with van der Waals surface area (Å²) >= 11 is 0. The molecule has 0 radical (unpaired) electrons. The Kier molecular flexibility index (Phi) is 3.68. The van der Waals surface area contributed by atoms with Crippen LogP contribution < -0.4 is 15.0 Å². The molecule has 164 valence electrons. The van der Waals surface area contributed by atoms with Crippen LogP contribution in [-0.4, -0.2) is 44.7 Å². The first kappa shape index (κ1) is 16.6. The molecule has 3 atom stereocenters. The summed E-state index contributed by atoms with van der Waals surface area (Å²) in [6.45, 7) is 2.99. The van der Waals surface area contributed by atoms with Crippen molar-refractivity contribution < 1.29 is 8.85 Å². The molecule has 7 rings (SSSR count). The molecule has 0 spiro atoms. The minimum atomic E-state index is -2.54. The van der Waals surface area contributed by atoms with E-state index in [2.05, 4.69) is 33.3 Å². The Hall–Kier alpha value is -3.96. The zero-order valence-electron chi connectivity index (χ0n) is 20.9. The quantitative estimate of drug-likeness (QED) is 0.520. The maximum Gasteiger partial charge on any atom is 0.212 e. The van der Waals surface area contributed by atoms with Crippen molar-refractivity contribution in [3.05, 3.63) is 72.3 Å². The molecule has 7 heterocycles. The molecule has 2 bridgehead atoms. The molecule has 0 aliphatic carbocycles. The average molecular weight is 441 g/mol. The van der Waals surface area contributed by atoms with E-state index in [-0.39, 0.29) is 17.5 Å². The highest BCUT2D eigenvalue weighted by atomic mass is 16.5. The Morgan fingerprint density at radius 3 is 2.76 bits per heavy atom. The normalized spacial score (nSPS) is 25.5. The Morgan fingerprint density at radius 1 is 1.15 bits per heavy atom. The van der Waals surface area contributed by atoms with Crippen molar-refractivity contribution in [2.75, 3.05) is 18.5 Å². The Bertz CT molecular complexity index is 1470. The molecule has 4 aromatic heterocycles. The van der Waals surface area contributed by atoms with E-state index in [0.29, 0.717) is 11.6 Å². The van der Waals surface area contributed by atoms with Crippen molar-refractivity contribution in [1.29, 1.82) is 5.26 Å². The molecule has 4 aromatic rings. The first-order valence-electron chi connectivity index (χ1n) is 12.3. The molecule has 0 amide bonds. The summed E-state index contributed by atoms with van der Waals surface area (Å²) in [5.41, 5.74) is 4.02. The molecule has 3 fully saturated rings. The molecule has 3 unspecified atom stereocenters. The maximum absolute atomic E-state index is 9.21. The second kappa shape index (κ2) is 7.29.